The molecule has 0 radical (unpaired) electrons. The Morgan fingerprint density at radius 1 is 0.939 bits per heavy atom. The van der Waals surface area contributed by atoms with Gasteiger partial charge < -0.3 is 15.7 Å². The van der Waals surface area contributed by atoms with Crippen molar-refractivity contribution in [2.24, 2.45) is 5.92 Å². The topological polar surface area (TPSA) is 134 Å². The summed E-state index contributed by atoms with van der Waals surface area (Å²) in [6.07, 6.45) is -1.13. The van der Waals surface area contributed by atoms with Crippen LogP contribution in [-0.4, -0.2) is 64.7 Å². The summed E-state index contributed by atoms with van der Waals surface area (Å²) < 4.78 is 45.1. The molecule has 3 N–H and O–H groups in total. The van der Waals surface area contributed by atoms with Gasteiger partial charge in [0.2, 0.25) is 15.9 Å². The summed E-state index contributed by atoms with van der Waals surface area (Å²) in [6, 6.07) is 23.0. The first-order chi connectivity index (χ1) is 23.0. The van der Waals surface area contributed by atoms with Crippen molar-refractivity contribution in [2.45, 2.75) is 77.0 Å². The van der Waals surface area contributed by atoms with E-state index in [1.165, 1.54) is 6.92 Å². The van der Waals surface area contributed by atoms with Gasteiger partial charge in [-0.25, -0.2) is 12.8 Å². The Kier molecular flexibility index (Phi) is 12.1. The van der Waals surface area contributed by atoms with Crippen LogP contribution in [0.25, 0.3) is 0 Å². The lowest BCUT2D eigenvalue weighted by Crippen LogP contribution is -2.51. The average molecular weight is 692 g/mol. The Balaban J connectivity index is 1.68. The van der Waals surface area contributed by atoms with Crippen molar-refractivity contribution in [3.63, 3.8) is 0 Å². The molecule has 262 valence electrons. The zero-order valence-corrected chi connectivity index (χ0v) is 29.7. The predicted molar refractivity (Wildman–Crippen MR) is 188 cm³/mol. The number of sulfonamides is 1. The molecule has 0 unspecified atom stereocenters. The summed E-state index contributed by atoms with van der Waals surface area (Å²) in [6.45, 7) is 10.9. The second kappa shape index (κ2) is 15.9. The molecule has 0 spiro atoms. The SMILES string of the molecule is CC(=O)Nc1cc(S(=O)(=O)N(CC(C)C)C[C@@H](O)[C@H](Cc2ccccc2)NC(=O)c2cc(C(C)(C)C)nn2Cc2ccccc2)ccc1F. The molecule has 0 saturated carbocycles. The highest BCUT2D eigenvalue weighted by Gasteiger charge is 2.33. The van der Waals surface area contributed by atoms with Crippen molar-refractivity contribution in [3.8, 4) is 0 Å². The Bertz CT molecular complexity index is 1840. The second-order valence-corrected chi connectivity index (χ2v) is 15.6. The monoisotopic (exact) mass is 691 g/mol. The van der Waals surface area contributed by atoms with Crippen LogP contribution in [0, 0.1) is 11.7 Å². The van der Waals surface area contributed by atoms with Gasteiger partial charge in [-0.3, -0.25) is 14.3 Å². The number of rotatable bonds is 14. The molecule has 2 amide bonds. The minimum absolute atomic E-state index is 0.0387. The molecule has 4 rings (SSSR count). The number of amides is 2. The van der Waals surface area contributed by atoms with Crippen molar-refractivity contribution in [1.82, 2.24) is 19.4 Å². The van der Waals surface area contributed by atoms with Gasteiger partial charge in [-0.15, -0.1) is 0 Å². The molecule has 0 fully saturated rings. The van der Waals surface area contributed by atoms with Gasteiger partial charge in [0.25, 0.3) is 5.91 Å². The predicted octanol–water partition coefficient (Wildman–Crippen LogP) is 5.38. The minimum atomic E-state index is -4.28. The number of halogens is 1. The van der Waals surface area contributed by atoms with E-state index in [-0.39, 0.29) is 41.4 Å². The van der Waals surface area contributed by atoms with Crippen molar-refractivity contribution in [1.29, 1.82) is 0 Å². The fraction of sp³-hybridized carbons (Fsp3) is 0.378. The van der Waals surface area contributed by atoms with Crippen molar-refractivity contribution in [2.75, 3.05) is 18.4 Å². The van der Waals surface area contributed by atoms with Gasteiger partial charge in [0, 0.05) is 25.4 Å². The lowest BCUT2D eigenvalue weighted by Gasteiger charge is -2.31. The Morgan fingerprint density at radius 3 is 2.12 bits per heavy atom. The zero-order valence-electron chi connectivity index (χ0n) is 28.9. The highest BCUT2D eigenvalue weighted by atomic mass is 32.2. The van der Waals surface area contributed by atoms with Crippen molar-refractivity contribution >= 4 is 27.5 Å². The second-order valence-electron chi connectivity index (χ2n) is 13.7. The fourth-order valence-electron chi connectivity index (χ4n) is 5.35. The smallest absolute Gasteiger partial charge is 0.269 e. The van der Waals surface area contributed by atoms with E-state index in [0.717, 1.165) is 39.3 Å². The molecular weight excluding hydrogens is 646 g/mol. The van der Waals surface area contributed by atoms with E-state index in [4.69, 9.17) is 5.10 Å². The third kappa shape index (κ3) is 10.1. The van der Waals surface area contributed by atoms with Crippen LogP contribution in [-0.2, 0) is 33.2 Å². The molecule has 0 bridgehead atoms. The van der Waals surface area contributed by atoms with Crippen LogP contribution < -0.4 is 10.6 Å². The summed E-state index contributed by atoms with van der Waals surface area (Å²) >= 11 is 0. The Labute approximate surface area is 288 Å². The lowest BCUT2D eigenvalue weighted by molar-refractivity contribution is -0.114. The van der Waals surface area contributed by atoms with Crippen LogP contribution in [0.1, 0.15) is 68.9 Å². The van der Waals surface area contributed by atoms with Crippen molar-refractivity contribution < 1.29 is 27.5 Å². The number of benzene rings is 3. The molecule has 0 aliphatic rings. The minimum Gasteiger partial charge on any atom is -0.390 e. The molecule has 3 aromatic carbocycles. The van der Waals surface area contributed by atoms with E-state index in [9.17, 15) is 27.5 Å². The van der Waals surface area contributed by atoms with Crippen LogP contribution >= 0.6 is 0 Å². The molecule has 4 aromatic rings. The maximum atomic E-state index is 14.4. The van der Waals surface area contributed by atoms with E-state index in [2.05, 4.69) is 10.6 Å². The molecule has 12 heteroatoms. The van der Waals surface area contributed by atoms with Gasteiger partial charge in [0.1, 0.15) is 11.5 Å². The number of carbonyl (C=O) groups excluding carboxylic acids is 2. The van der Waals surface area contributed by atoms with Gasteiger partial charge >= 0.3 is 0 Å². The molecule has 1 aromatic heterocycles. The number of aliphatic hydroxyl groups is 1. The van der Waals surface area contributed by atoms with Gasteiger partial charge in [0.05, 0.1) is 35.0 Å². The number of anilines is 1. The van der Waals surface area contributed by atoms with Crippen LogP contribution in [0.15, 0.2) is 89.8 Å². The van der Waals surface area contributed by atoms with Gasteiger partial charge in [-0.05, 0) is 47.7 Å². The first kappa shape index (κ1) is 37.4. The summed E-state index contributed by atoms with van der Waals surface area (Å²) in [7, 11) is -4.28. The molecular formula is C37H46FN5O5S. The van der Waals surface area contributed by atoms with Crippen LogP contribution in [0.3, 0.4) is 0 Å². The maximum absolute atomic E-state index is 14.4. The number of aliphatic hydroxyl groups excluding tert-OH is 1. The van der Waals surface area contributed by atoms with Gasteiger partial charge in [-0.1, -0.05) is 95.3 Å². The normalized spacial score (nSPS) is 13.3. The maximum Gasteiger partial charge on any atom is 0.269 e. The molecule has 0 saturated heterocycles. The zero-order chi connectivity index (χ0) is 35.9. The summed E-state index contributed by atoms with van der Waals surface area (Å²) in [5, 5.41) is 21.8. The third-order valence-corrected chi connectivity index (χ3v) is 9.71. The number of carbonyl (C=O) groups is 2. The van der Waals surface area contributed by atoms with Crippen LogP contribution in [0.5, 0.6) is 0 Å². The highest BCUT2D eigenvalue weighted by Crippen LogP contribution is 2.25. The first-order valence-corrected chi connectivity index (χ1v) is 17.7. The molecule has 2 atom stereocenters. The molecule has 10 nitrogen and oxygen atoms in total. The Morgan fingerprint density at radius 2 is 1.55 bits per heavy atom. The fourth-order valence-corrected chi connectivity index (χ4v) is 7.00. The number of hydrogen-bond acceptors (Lipinski definition) is 6. The number of hydrogen-bond donors (Lipinski definition) is 3. The molecule has 1 heterocycles. The van der Waals surface area contributed by atoms with E-state index in [1.54, 1.807) is 10.7 Å². The molecule has 0 aliphatic carbocycles. The van der Waals surface area contributed by atoms with Crippen molar-refractivity contribution in [3.05, 3.63) is 113 Å². The average Bonchev–Trinajstić information content (AvgIpc) is 3.46. The van der Waals surface area contributed by atoms with Crippen LogP contribution in [0.2, 0.25) is 0 Å². The summed E-state index contributed by atoms with van der Waals surface area (Å²) in [5.41, 5.74) is 2.21. The lowest BCUT2D eigenvalue weighted by atomic mass is 9.92. The van der Waals surface area contributed by atoms with E-state index in [0.29, 0.717) is 12.2 Å². The molecule has 49 heavy (non-hydrogen) atoms. The highest BCUT2D eigenvalue weighted by molar-refractivity contribution is 7.89. The number of nitrogens with one attached hydrogen (secondary N) is 2. The largest absolute Gasteiger partial charge is 0.390 e. The Hall–Kier alpha value is -4.39. The first-order valence-electron chi connectivity index (χ1n) is 16.3. The number of nitrogens with zero attached hydrogens (tertiary/aromatic N) is 3. The van der Waals surface area contributed by atoms with E-state index < -0.39 is 39.8 Å². The van der Waals surface area contributed by atoms with Gasteiger partial charge in [-0.2, -0.15) is 9.40 Å². The van der Waals surface area contributed by atoms with E-state index >= 15 is 0 Å². The number of aromatic nitrogens is 2. The van der Waals surface area contributed by atoms with Gasteiger partial charge in [0.15, 0.2) is 0 Å². The summed E-state index contributed by atoms with van der Waals surface area (Å²) in [5.74, 6) is -1.93. The standard InChI is InChI=1S/C37H46FN5O5S/c1-25(2)22-42(49(47,48)29-17-18-30(38)31(20-29)39-26(3)44)24-34(45)32(19-27-13-9-7-10-14-27)40-36(46)33-21-35(37(4,5)6)41-43(33)23-28-15-11-8-12-16-28/h7-18,20-21,25,32,34,45H,19,22-24H2,1-6H3,(H,39,44)(H,40,46)/t32-,34+/m0/s1. The molecule has 0 aliphatic heterocycles. The quantitative estimate of drug-likeness (QED) is 0.163. The van der Waals surface area contributed by atoms with Crippen LogP contribution in [0.4, 0.5) is 10.1 Å². The third-order valence-electron chi connectivity index (χ3n) is 7.88. The summed E-state index contributed by atoms with van der Waals surface area (Å²) in [4.78, 5) is 25.4. The van der Waals surface area contributed by atoms with E-state index in [1.807, 2.05) is 95.3 Å².